The standard InChI is InChI=1S/C21H13F4N7O3/c22-12-4-2-1-3-11(12)9-32-15(13-5-6-34-30-13)7-14(29-32)19-27-8-16(18(26)28-19)31-10-17(21(23,24)25)35-20(31)33/h1-7,17,26H,9-10H2/p+1. The number of halogens is 4. The van der Waals surface area contributed by atoms with Crippen molar-refractivity contribution in [3.05, 3.63) is 65.4 Å². The third kappa shape index (κ3) is 4.19. The van der Waals surface area contributed by atoms with Crippen LogP contribution >= 0.6 is 0 Å². The lowest BCUT2D eigenvalue weighted by molar-refractivity contribution is -0.192. The molecule has 178 valence electrons. The van der Waals surface area contributed by atoms with Gasteiger partial charge in [-0.15, -0.1) is 4.67 Å². The molecule has 1 amide bonds. The molecule has 2 aromatic heterocycles. The molecule has 10 nitrogen and oxygen atoms in total. The van der Waals surface area contributed by atoms with Crippen LogP contribution in [0.2, 0.25) is 0 Å². The number of nitrogens with zero attached hydrogens (tertiary/aromatic N) is 6. The summed E-state index contributed by atoms with van der Waals surface area (Å²) in [6, 6.07) is 9.31. The lowest BCUT2D eigenvalue weighted by Gasteiger charge is -2.12. The van der Waals surface area contributed by atoms with Crippen molar-refractivity contribution < 1.29 is 31.6 Å². The molecule has 1 saturated heterocycles. The molecule has 0 saturated carbocycles. The molecule has 5 rings (SSSR count). The second-order valence-electron chi connectivity index (χ2n) is 7.47. The van der Waals surface area contributed by atoms with Gasteiger partial charge in [-0.2, -0.15) is 18.3 Å². The van der Waals surface area contributed by atoms with Gasteiger partial charge in [0.05, 0.1) is 18.8 Å². The van der Waals surface area contributed by atoms with Gasteiger partial charge in [0.15, 0.2) is 5.69 Å². The Morgan fingerprint density at radius 3 is 2.69 bits per heavy atom. The van der Waals surface area contributed by atoms with Crippen molar-refractivity contribution in [1.82, 2.24) is 24.5 Å². The molecule has 1 fully saturated rings. The summed E-state index contributed by atoms with van der Waals surface area (Å²) in [7, 11) is 0. The number of aromatic nitrogens is 3. The summed E-state index contributed by atoms with van der Waals surface area (Å²) in [5, 5.41) is 8.30. The Morgan fingerprint density at radius 1 is 1.23 bits per heavy atom. The van der Waals surface area contributed by atoms with Crippen LogP contribution in [0.25, 0.3) is 11.4 Å². The van der Waals surface area contributed by atoms with Crippen LogP contribution < -0.4 is 10.4 Å². The van der Waals surface area contributed by atoms with Gasteiger partial charge in [0.1, 0.15) is 17.8 Å². The molecular weight excluding hydrogens is 474 g/mol. The summed E-state index contributed by atoms with van der Waals surface area (Å²) in [4.78, 5) is 16.7. The van der Waals surface area contributed by atoms with E-state index in [0.29, 0.717) is 21.9 Å². The number of rotatable bonds is 5. The molecule has 35 heavy (non-hydrogen) atoms. The first-order valence-corrected chi connectivity index (χ1v) is 10.0. The number of aliphatic imine (C=N–C) groups is 1. The lowest BCUT2D eigenvalue weighted by Crippen LogP contribution is -2.37. The Kier molecular flexibility index (Phi) is 5.24. The van der Waals surface area contributed by atoms with E-state index in [1.807, 2.05) is 0 Å². The summed E-state index contributed by atoms with van der Waals surface area (Å²) in [5.74, 6) is 1.69. The Bertz CT molecular complexity index is 1450. The SMILES string of the molecule is NC1=NC(c2cc(-c3ccon3)n(Cc3ccccc3F)n2)=[N+]=C=C1N1CC(C(F)(F)F)OC1=O. The highest BCUT2D eigenvalue weighted by Gasteiger charge is 2.51. The number of hydrogen-bond acceptors (Lipinski definition) is 7. The minimum absolute atomic E-state index is 0.0248. The zero-order valence-electron chi connectivity index (χ0n) is 17.5. The molecule has 1 aromatic carbocycles. The number of alkyl halides is 3. The van der Waals surface area contributed by atoms with Crippen molar-refractivity contribution in [2.24, 2.45) is 10.7 Å². The number of hydrogen-bond donors (Lipinski definition) is 1. The van der Waals surface area contributed by atoms with Crippen LogP contribution in [0.3, 0.4) is 0 Å². The van der Waals surface area contributed by atoms with Crippen molar-refractivity contribution in [3.8, 4) is 11.4 Å². The van der Waals surface area contributed by atoms with E-state index in [-0.39, 0.29) is 29.6 Å². The summed E-state index contributed by atoms with van der Waals surface area (Å²) in [6.45, 7) is -0.760. The van der Waals surface area contributed by atoms with Crippen LogP contribution in [-0.4, -0.2) is 62.3 Å². The van der Waals surface area contributed by atoms with Gasteiger partial charge in [0, 0.05) is 17.7 Å². The van der Waals surface area contributed by atoms with Crippen LogP contribution in [0.15, 0.2) is 57.9 Å². The maximum atomic E-state index is 14.2. The Labute approximate surface area is 193 Å². The molecule has 2 N–H and O–H groups in total. The minimum atomic E-state index is -4.73. The Balaban J connectivity index is 1.53. The maximum absolute atomic E-state index is 14.2. The molecule has 0 radical (unpaired) electrons. The lowest BCUT2D eigenvalue weighted by atomic mass is 10.2. The summed E-state index contributed by atoms with van der Waals surface area (Å²) in [6.07, 6.45) is -6.92. The van der Waals surface area contributed by atoms with Crippen LogP contribution in [0.4, 0.5) is 22.4 Å². The largest absolute Gasteiger partial charge is 0.455 e. The average Bonchev–Trinajstić information content (AvgIpc) is 3.55. The van der Waals surface area contributed by atoms with Crippen molar-refractivity contribution in [2.75, 3.05) is 6.54 Å². The van der Waals surface area contributed by atoms with Gasteiger partial charge in [0.2, 0.25) is 17.7 Å². The van der Waals surface area contributed by atoms with Gasteiger partial charge >= 0.3 is 18.1 Å². The fraction of sp³-hybridized carbons (Fsp3) is 0.190. The van der Waals surface area contributed by atoms with Crippen LogP contribution in [0.5, 0.6) is 0 Å². The number of amidine groups is 2. The van der Waals surface area contributed by atoms with Crippen LogP contribution in [0.1, 0.15) is 11.3 Å². The van der Waals surface area contributed by atoms with Crippen molar-refractivity contribution >= 4 is 23.6 Å². The zero-order chi connectivity index (χ0) is 24.7. The molecule has 0 spiro atoms. The van der Waals surface area contributed by atoms with E-state index >= 15 is 0 Å². The second-order valence-corrected chi connectivity index (χ2v) is 7.47. The summed E-state index contributed by atoms with van der Waals surface area (Å²) >= 11 is 0. The molecule has 14 heteroatoms. The smallest absolute Gasteiger partial charge is 0.434 e. The first kappa shape index (κ1) is 22.1. The van der Waals surface area contributed by atoms with Gasteiger partial charge in [-0.05, 0) is 11.1 Å². The van der Waals surface area contributed by atoms with Gasteiger partial charge < -0.3 is 15.0 Å². The van der Waals surface area contributed by atoms with E-state index in [2.05, 4.69) is 30.5 Å². The van der Waals surface area contributed by atoms with Gasteiger partial charge in [-0.1, -0.05) is 23.4 Å². The molecule has 1 unspecified atom stereocenters. The Hall–Kier alpha value is -4.67. The number of nitrogens with two attached hydrogens (primary N) is 1. The van der Waals surface area contributed by atoms with Crippen LogP contribution in [0, 0.1) is 5.82 Å². The highest BCUT2D eigenvalue weighted by Crippen LogP contribution is 2.30. The first-order chi connectivity index (χ1) is 16.7. The van der Waals surface area contributed by atoms with E-state index < -0.39 is 30.7 Å². The molecule has 3 aromatic rings. The highest BCUT2D eigenvalue weighted by atomic mass is 19.4. The minimum Gasteiger partial charge on any atom is -0.434 e. The molecule has 0 bridgehead atoms. The number of carbonyl (C=O) groups is 1. The third-order valence-corrected chi connectivity index (χ3v) is 5.17. The average molecular weight is 488 g/mol. The third-order valence-electron chi connectivity index (χ3n) is 5.17. The van der Waals surface area contributed by atoms with E-state index in [4.69, 9.17) is 10.3 Å². The summed E-state index contributed by atoms with van der Waals surface area (Å²) < 4.78 is 67.7. The molecule has 1 atom stereocenters. The fourth-order valence-electron chi connectivity index (χ4n) is 3.47. The number of carbonyl (C=O) groups excluding carboxylic acids is 1. The quantitative estimate of drug-likeness (QED) is 0.432. The Morgan fingerprint density at radius 2 is 2.03 bits per heavy atom. The van der Waals surface area contributed by atoms with Crippen molar-refractivity contribution in [2.45, 2.75) is 18.8 Å². The fourth-order valence-corrected chi connectivity index (χ4v) is 3.47. The molecule has 0 aliphatic carbocycles. The predicted octanol–water partition coefficient (Wildman–Crippen LogP) is 1.85. The van der Waals surface area contributed by atoms with Gasteiger partial charge in [0.25, 0.3) is 5.84 Å². The van der Waals surface area contributed by atoms with Crippen LogP contribution in [-0.2, 0) is 11.3 Å². The zero-order valence-corrected chi connectivity index (χ0v) is 17.5. The molecule has 4 heterocycles. The maximum Gasteiger partial charge on any atom is 0.455 e. The monoisotopic (exact) mass is 488 g/mol. The molecule has 2 aliphatic rings. The highest BCUT2D eigenvalue weighted by molar-refractivity contribution is 6.16. The van der Waals surface area contributed by atoms with E-state index in [9.17, 15) is 22.4 Å². The van der Waals surface area contributed by atoms with Gasteiger partial charge in [-0.25, -0.2) is 9.18 Å². The van der Waals surface area contributed by atoms with E-state index in [0.717, 1.165) is 0 Å². The number of ether oxygens (including phenoxy) is 1. The van der Waals surface area contributed by atoms with E-state index in [1.54, 1.807) is 30.3 Å². The number of benzene rings is 1. The van der Waals surface area contributed by atoms with E-state index in [1.165, 1.54) is 17.0 Å². The normalized spacial score (nSPS) is 17.8. The van der Waals surface area contributed by atoms with Crippen molar-refractivity contribution in [3.63, 3.8) is 0 Å². The molecule has 2 aliphatic heterocycles. The molecular formula is C21H14F4N7O3+. The second kappa shape index (κ2) is 8.28. The topological polar surface area (TPSA) is 126 Å². The number of amides is 1. The van der Waals surface area contributed by atoms with Gasteiger partial charge in [-0.3, -0.25) is 9.58 Å². The van der Waals surface area contributed by atoms with Crippen molar-refractivity contribution in [1.29, 1.82) is 0 Å². The summed E-state index contributed by atoms with van der Waals surface area (Å²) in [5.41, 5.74) is 7.09. The first-order valence-electron chi connectivity index (χ1n) is 10.0. The number of cyclic esters (lactones) is 1. The predicted molar refractivity (Wildman–Crippen MR) is 113 cm³/mol.